The van der Waals surface area contributed by atoms with Gasteiger partial charge in [0.2, 0.25) is 0 Å². The summed E-state index contributed by atoms with van der Waals surface area (Å²) in [5, 5.41) is 0. The second-order valence-corrected chi connectivity index (χ2v) is 4.19. The van der Waals surface area contributed by atoms with Crippen molar-refractivity contribution in [3.63, 3.8) is 0 Å². The van der Waals surface area contributed by atoms with E-state index in [1.165, 1.54) is 11.1 Å². The Labute approximate surface area is 122 Å². The van der Waals surface area contributed by atoms with E-state index in [4.69, 9.17) is 0 Å². The standard InChI is InChI=1S/C16H15O.Pd/c17-13-16(11-14-7-3-1-4-8-14)12-15-9-5-2-6-10-15;/h1-10,16H,11-12H2;/q-1;. The van der Waals surface area contributed by atoms with Crippen molar-refractivity contribution in [2.75, 3.05) is 0 Å². The minimum absolute atomic E-state index is 0. The van der Waals surface area contributed by atoms with E-state index in [0.29, 0.717) is 0 Å². The summed E-state index contributed by atoms with van der Waals surface area (Å²) in [6.45, 7) is 0. The maximum absolute atomic E-state index is 11.0. The number of carbonyl (C=O) groups excluding carboxylic acids is 1. The molecule has 96 valence electrons. The van der Waals surface area contributed by atoms with Crippen molar-refractivity contribution in [1.29, 1.82) is 0 Å². The van der Waals surface area contributed by atoms with Gasteiger partial charge in [0, 0.05) is 20.4 Å². The Hall–Kier alpha value is -1.23. The topological polar surface area (TPSA) is 17.1 Å². The molecule has 0 fully saturated rings. The van der Waals surface area contributed by atoms with Crippen molar-refractivity contribution in [3.05, 3.63) is 71.8 Å². The molecule has 0 aliphatic rings. The average Bonchev–Trinajstić information content (AvgIpc) is 2.40. The number of benzene rings is 2. The molecule has 0 N–H and O–H groups in total. The van der Waals surface area contributed by atoms with Crippen LogP contribution >= 0.6 is 0 Å². The minimum atomic E-state index is -0.0557. The molecule has 0 unspecified atom stereocenters. The van der Waals surface area contributed by atoms with Crippen LogP contribution in [-0.4, -0.2) is 6.29 Å². The summed E-state index contributed by atoms with van der Waals surface area (Å²) in [6, 6.07) is 20.2. The maximum Gasteiger partial charge on any atom is 0 e. The fourth-order valence-corrected chi connectivity index (χ4v) is 1.95. The molecule has 2 rings (SSSR count). The van der Waals surface area contributed by atoms with Crippen LogP contribution in [0, 0.1) is 5.92 Å². The van der Waals surface area contributed by atoms with E-state index in [9.17, 15) is 4.79 Å². The molecule has 0 heterocycles. The van der Waals surface area contributed by atoms with Gasteiger partial charge in [-0.2, -0.15) is 0 Å². The third-order valence-electron chi connectivity index (χ3n) is 2.82. The summed E-state index contributed by atoms with van der Waals surface area (Å²) in [5.41, 5.74) is 2.38. The average molecular weight is 330 g/mol. The van der Waals surface area contributed by atoms with Gasteiger partial charge in [-0.1, -0.05) is 71.8 Å². The van der Waals surface area contributed by atoms with E-state index in [1.54, 1.807) is 0 Å². The molecule has 0 aliphatic carbocycles. The minimum Gasteiger partial charge on any atom is -0.541 e. The largest absolute Gasteiger partial charge is 0.541 e. The second-order valence-electron chi connectivity index (χ2n) is 4.19. The van der Waals surface area contributed by atoms with Crippen LogP contribution < -0.4 is 0 Å². The van der Waals surface area contributed by atoms with Crippen LogP contribution in [-0.2, 0) is 38.1 Å². The Bertz CT molecular complexity index is 412. The molecule has 1 nitrogen and oxygen atoms in total. The molecular weight excluding hydrogens is 315 g/mol. The van der Waals surface area contributed by atoms with E-state index in [1.807, 2.05) is 36.4 Å². The molecule has 2 heteroatoms. The number of rotatable bonds is 5. The third kappa shape index (κ3) is 4.57. The SMILES string of the molecule is O=[C-]C(Cc1ccccc1)Cc1ccccc1.[Pd]. The maximum atomic E-state index is 11.0. The third-order valence-corrected chi connectivity index (χ3v) is 2.82. The van der Waals surface area contributed by atoms with Gasteiger partial charge in [-0.15, -0.1) is 5.92 Å². The smallest absolute Gasteiger partial charge is 0 e. The molecule has 0 atom stereocenters. The summed E-state index contributed by atoms with van der Waals surface area (Å²) in [6.07, 6.45) is 3.68. The Kier molecular flexibility index (Phi) is 6.57. The van der Waals surface area contributed by atoms with Crippen LogP contribution in [0.3, 0.4) is 0 Å². The van der Waals surface area contributed by atoms with E-state index < -0.39 is 0 Å². The van der Waals surface area contributed by atoms with Crippen molar-refractivity contribution in [3.8, 4) is 0 Å². The van der Waals surface area contributed by atoms with Gasteiger partial charge in [-0.3, -0.25) is 6.29 Å². The molecule has 0 amide bonds. The molecule has 2 aromatic carbocycles. The van der Waals surface area contributed by atoms with Crippen LogP contribution in [0.15, 0.2) is 60.7 Å². The number of hydrogen-bond acceptors (Lipinski definition) is 1. The Balaban J connectivity index is 0.00000162. The van der Waals surface area contributed by atoms with Gasteiger partial charge in [0.1, 0.15) is 0 Å². The summed E-state index contributed by atoms with van der Waals surface area (Å²) in [5.74, 6) is -0.0557. The predicted molar refractivity (Wildman–Crippen MR) is 69.5 cm³/mol. The molecule has 0 bridgehead atoms. The molecule has 18 heavy (non-hydrogen) atoms. The molecule has 2 aromatic rings. The fraction of sp³-hybridized carbons (Fsp3) is 0.188. The first-order valence-corrected chi connectivity index (χ1v) is 5.84. The molecule has 0 saturated carbocycles. The monoisotopic (exact) mass is 329 g/mol. The molecule has 0 spiro atoms. The summed E-state index contributed by atoms with van der Waals surface area (Å²) in [7, 11) is 0. The first kappa shape index (κ1) is 14.8. The van der Waals surface area contributed by atoms with Gasteiger partial charge in [0.15, 0.2) is 0 Å². The summed E-state index contributed by atoms with van der Waals surface area (Å²) < 4.78 is 0. The Morgan fingerprint density at radius 1 is 0.778 bits per heavy atom. The van der Waals surface area contributed by atoms with Crippen LogP contribution in [0.4, 0.5) is 0 Å². The molecule has 0 aromatic heterocycles. The Morgan fingerprint density at radius 3 is 1.50 bits per heavy atom. The van der Waals surface area contributed by atoms with E-state index in [2.05, 4.69) is 30.6 Å². The zero-order valence-electron chi connectivity index (χ0n) is 9.99. The van der Waals surface area contributed by atoms with Gasteiger partial charge in [-0.25, -0.2) is 0 Å². The van der Waals surface area contributed by atoms with E-state index >= 15 is 0 Å². The van der Waals surface area contributed by atoms with Crippen LogP contribution in [0.25, 0.3) is 0 Å². The normalized spacial score (nSPS) is 9.83. The number of hydrogen-bond donors (Lipinski definition) is 0. The van der Waals surface area contributed by atoms with Crippen LogP contribution in [0.2, 0.25) is 0 Å². The Morgan fingerprint density at radius 2 is 1.17 bits per heavy atom. The zero-order valence-corrected chi connectivity index (χ0v) is 11.5. The van der Waals surface area contributed by atoms with Crippen molar-refractivity contribution in [2.45, 2.75) is 12.8 Å². The quantitative estimate of drug-likeness (QED) is 0.608. The molecule has 0 aliphatic heterocycles. The van der Waals surface area contributed by atoms with Gasteiger partial charge < -0.3 is 4.79 Å². The van der Waals surface area contributed by atoms with Crippen molar-refractivity contribution < 1.29 is 25.2 Å². The van der Waals surface area contributed by atoms with Crippen molar-refractivity contribution in [2.24, 2.45) is 5.92 Å². The van der Waals surface area contributed by atoms with Gasteiger partial charge in [0.05, 0.1) is 0 Å². The summed E-state index contributed by atoms with van der Waals surface area (Å²) in [4.78, 5) is 11.0. The zero-order chi connectivity index (χ0) is 11.9. The van der Waals surface area contributed by atoms with E-state index in [-0.39, 0.29) is 26.3 Å². The van der Waals surface area contributed by atoms with Gasteiger partial charge >= 0.3 is 0 Å². The second kappa shape index (κ2) is 7.98. The van der Waals surface area contributed by atoms with Crippen molar-refractivity contribution >= 4 is 6.29 Å². The van der Waals surface area contributed by atoms with Gasteiger partial charge in [0.25, 0.3) is 0 Å². The van der Waals surface area contributed by atoms with Gasteiger partial charge in [-0.05, 0) is 12.8 Å². The van der Waals surface area contributed by atoms with Crippen LogP contribution in [0.5, 0.6) is 0 Å². The summed E-state index contributed by atoms with van der Waals surface area (Å²) >= 11 is 0. The molecular formula is C16H15OPd-. The molecule has 0 radical (unpaired) electrons. The van der Waals surface area contributed by atoms with Crippen molar-refractivity contribution in [1.82, 2.24) is 0 Å². The fourth-order valence-electron chi connectivity index (χ4n) is 1.95. The first-order chi connectivity index (χ1) is 8.38. The first-order valence-electron chi connectivity index (χ1n) is 5.84. The predicted octanol–water partition coefficient (Wildman–Crippen LogP) is 3.20. The molecule has 0 saturated heterocycles. The van der Waals surface area contributed by atoms with Crippen LogP contribution in [0.1, 0.15) is 11.1 Å². The van der Waals surface area contributed by atoms with E-state index in [0.717, 1.165) is 12.8 Å².